The molecule has 0 N–H and O–H groups in total. The molecule has 0 radical (unpaired) electrons. The molecular formula is C25H21NS. The summed E-state index contributed by atoms with van der Waals surface area (Å²) >= 11 is 4.65. The largest absolute Gasteiger partial charge is 0.195 e. The number of hydrogen-bond acceptors (Lipinski definition) is 2. The Morgan fingerprint density at radius 3 is 2.00 bits per heavy atom. The summed E-state index contributed by atoms with van der Waals surface area (Å²) in [4.78, 5) is 4.00. The van der Waals surface area contributed by atoms with Crippen LogP contribution in [0.2, 0.25) is 0 Å². The summed E-state index contributed by atoms with van der Waals surface area (Å²) in [6.45, 7) is 8.48. The molecule has 0 spiro atoms. The van der Waals surface area contributed by atoms with E-state index in [1.54, 1.807) is 0 Å². The molecule has 0 saturated heterocycles. The molecule has 1 nitrogen and oxygen atoms in total. The Bertz CT molecular complexity index is 1080. The van der Waals surface area contributed by atoms with E-state index in [0.29, 0.717) is 0 Å². The van der Waals surface area contributed by atoms with Crippen LogP contribution in [0.1, 0.15) is 33.4 Å². The van der Waals surface area contributed by atoms with Crippen LogP contribution in [0.5, 0.6) is 0 Å². The molecule has 0 atom stereocenters. The Morgan fingerprint density at radius 1 is 0.741 bits per heavy atom. The minimum atomic E-state index is 0.817. The second kappa shape index (κ2) is 8.14. The molecule has 0 heterocycles. The first-order valence-corrected chi connectivity index (χ1v) is 9.27. The van der Waals surface area contributed by atoms with Gasteiger partial charge in [-0.05, 0) is 92.0 Å². The molecule has 132 valence electrons. The van der Waals surface area contributed by atoms with E-state index in [0.717, 1.165) is 22.4 Å². The Balaban J connectivity index is 1.91. The molecular weight excluding hydrogens is 346 g/mol. The molecule has 0 fully saturated rings. The van der Waals surface area contributed by atoms with Crippen LogP contribution < -0.4 is 0 Å². The van der Waals surface area contributed by atoms with E-state index in [4.69, 9.17) is 0 Å². The number of aliphatic imine (C=N–C) groups is 1. The molecule has 0 aliphatic carbocycles. The van der Waals surface area contributed by atoms with Crippen molar-refractivity contribution in [3.8, 4) is 23.0 Å². The highest BCUT2D eigenvalue weighted by molar-refractivity contribution is 7.78. The standard InChI is InChI=1S/C25H21NS/c1-17-13-18(2)24(19(3)14-17)11-5-21-6-12-25(20(4)15-21)22-7-9-23(10-8-22)26-16-27/h6-10,12-15H,1-4H3. The second-order valence-corrected chi connectivity index (χ2v) is 6.99. The van der Waals surface area contributed by atoms with Crippen LogP contribution in [0.15, 0.2) is 59.6 Å². The minimum Gasteiger partial charge on any atom is -0.195 e. The van der Waals surface area contributed by atoms with E-state index in [9.17, 15) is 0 Å². The van der Waals surface area contributed by atoms with Gasteiger partial charge in [0.05, 0.1) is 10.8 Å². The van der Waals surface area contributed by atoms with E-state index in [-0.39, 0.29) is 0 Å². The topological polar surface area (TPSA) is 12.4 Å². The van der Waals surface area contributed by atoms with Crippen LogP contribution in [0, 0.1) is 39.5 Å². The lowest BCUT2D eigenvalue weighted by atomic mass is 9.97. The van der Waals surface area contributed by atoms with Gasteiger partial charge >= 0.3 is 0 Å². The summed E-state index contributed by atoms with van der Waals surface area (Å²) in [6, 6.07) is 18.7. The zero-order valence-corrected chi connectivity index (χ0v) is 16.9. The lowest BCUT2D eigenvalue weighted by molar-refractivity contribution is 1.30. The Kier molecular flexibility index (Phi) is 5.67. The van der Waals surface area contributed by atoms with Crippen molar-refractivity contribution in [2.45, 2.75) is 27.7 Å². The summed E-state index contributed by atoms with van der Waals surface area (Å²) in [5, 5.41) is 2.39. The SMILES string of the molecule is Cc1cc(C)c(C#Cc2ccc(-c3ccc(N=C=S)cc3)c(C)c2)c(C)c1. The lowest BCUT2D eigenvalue weighted by Crippen LogP contribution is -1.90. The molecule has 0 saturated carbocycles. The van der Waals surface area contributed by atoms with Crippen molar-refractivity contribution in [2.24, 2.45) is 4.99 Å². The quantitative estimate of drug-likeness (QED) is 0.278. The fraction of sp³-hybridized carbons (Fsp3) is 0.160. The molecule has 2 heteroatoms. The van der Waals surface area contributed by atoms with Crippen molar-refractivity contribution in [2.75, 3.05) is 0 Å². The number of benzene rings is 3. The van der Waals surface area contributed by atoms with E-state index in [1.807, 2.05) is 12.1 Å². The molecule has 0 aromatic heterocycles. The number of isothiocyanates is 1. The van der Waals surface area contributed by atoms with Crippen LogP contribution in [-0.2, 0) is 0 Å². The molecule has 0 aliphatic heterocycles. The van der Waals surface area contributed by atoms with Gasteiger partial charge in [-0.3, -0.25) is 0 Å². The maximum Gasteiger partial charge on any atom is 0.0739 e. The van der Waals surface area contributed by atoms with Gasteiger partial charge < -0.3 is 0 Å². The first-order chi connectivity index (χ1) is 13.0. The van der Waals surface area contributed by atoms with Gasteiger partial charge in [-0.25, -0.2) is 0 Å². The summed E-state index contributed by atoms with van der Waals surface area (Å²) in [7, 11) is 0. The van der Waals surface area contributed by atoms with Gasteiger partial charge in [-0.2, -0.15) is 4.99 Å². The summed E-state index contributed by atoms with van der Waals surface area (Å²) < 4.78 is 0. The van der Waals surface area contributed by atoms with Crippen molar-refractivity contribution in [3.05, 3.63) is 88.0 Å². The number of nitrogens with zero attached hydrogens (tertiary/aromatic N) is 1. The molecule has 3 aromatic carbocycles. The predicted octanol–water partition coefficient (Wildman–Crippen LogP) is 6.72. The molecule has 0 bridgehead atoms. The fourth-order valence-corrected chi connectivity index (χ4v) is 3.45. The minimum absolute atomic E-state index is 0.817. The van der Waals surface area contributed by atoms with Gasteiger partial charge in [-0.15, -0.1) is 0 Å². The van der Waals surface area contributed by atoms with Crippen LogP contribution >= 0.6 is 12.2 Å². The number of hydrogen-bond donors (Lipinski definition) is 0. The maximum atomic E-state index is 4.65. The zero-order chi connectivity index (χ0) is 19.4. The Labute approximate surface area is 166 Å². The first kappa shape index (κ1) is 18.8. The smallest absolute Gasteiger partial charge is 0.0739 e. The third-order valence-corrected chi connectivity index (χ3v) is 4.68. The molecule has 3 aromatic rings. The number of thiocarbonyl (C=S) groups is 1. The fourth-order valence-electron chi connectivity index (χ4n) is 3.35. The first-order valence-electron chi connectivity index (χ1n) is 8.87. The molecule has 3 rings (SSSR count). The van der Waals surface area contributed by atoms with Gasteiger partial charge in [0, 0.05) is 11.1 Å². The Morgan fingerprint density at radius 2 is 1.41 bits per heavy atom. The number of aryl methyl sites for hydroxylation is 4. The molecule has 0 unspecified atom stereocenters. The van der Waals surface area contributed by atoms with E-state index in [2.05, 4.69) is 104 Å². The van der Waals surface area contributed by atoms with E-state index >= 15 is 0 Å². The highest BCUT2D eigenvalue weighted by atomic mass is 32.1. The molecule has 27 heavy (non-hydrogen) atoms. The van der Waals surface area contributed by atoms with Crippen molar-refractivity contribution in [1.29, 1.82) is 0 Å². The van der Waals surface area contributed by atoms with Crippen molar-refractivity contribution >= 4 is 23.1 Å². The van der Waals surface area contributed by atoms with E-state index in [1.165, 1.54) is 27.8 Å². The van der Waals surface area contributed by atoms with Crippen molar-refractivity contribution in [1.82, 2.24) is 0 Å². The lowest BCUT2D eigenvalue weighted by Gasteiger charge is -2.07. The highest BCUT2D eigenvalue weighted by Crippen LogP contribution is 2.26. The normalized spacial score (nSPS) is 9.93. The van der Waals surface area contributed by atoms with Gasteiger partial charge in [-0.1, -0.05) is 47.7 Å². The summed E-state index contributed by atoms with van der Waals surface area (Å²) in [6.07, 6.45) is 0. The summed E-state index contributed by atoms with van der Waals surface area (Å²) in [5.41, 5.74) is 10.2. The number of rotatable bonds is 2. The van der Waals surface area contributed by atoms with Crippen molar-refractivity contribution < 1.29 is 0 Å². The Hall–Kier alpha value is -2.98. The van der Waals surface area contributed by atoms with Crippen molar-refractivity contribution in [3.63, 3.8) is 0 Å². The van der Waals surface area contributed by atoms with Crippen LogP contribution in [0.25, 0.3) is 11.1 Å². The zero-order valence-electron chi connectivity index (χ0n) is 16.1. The monoisotopic (exact) mass is 367 g/mol. The molecule has 0 aliphatic rings. The van der Waals surface area contributed by atoms with Gasteiger partial charge in [0.15, 0.2) is 0 Å². The third kappa shape index (κ3) is 4.41. The summed E-state index contributed by atoms with van der Waals surface area (Å²) in [5.74, 6) is 6.68. The third-order valence-electron chi connectivity index (χ3n) is 4.59. The molecule has 0 amide bonds. The average Bonchev–Trinajstić information content (AvgIpc) is 2.62. The average molecular weight is 368 g/mol. The van der Waals surface area contributed by atoms with E-state index < -0.39 is 0 Å². The maximum absolute atomic E-state index is 4.65. The van der Waals surface area contributed by atoms with Crippen LogP contribution in [0.4, 0.5) is 5.69 Å². The van der Waals surface area contributed by atoms with Gasteiger partial charge in [0.1, 0.15) is 0 Å². The van der Waals surface area contributed by atoms with Gasteiger partial charge in [0.25, 0.3) is 0 Å². The second-order valence-electron chi connectivity index (χ2n) is 6.80. The van der Waals surface area contributed by atoms with Crippen LogP contribution in [0.3, 0.4) is 0 Å². The van der Waals surface area contributed by atoms with Gasteiger partial charge in [0.2, 0.25) is 0 Å². The predicted molar refractivity (Wildman–Crippen MR) is 118 cm³/mol. The van der Waals surface area contributed by atoms with Crippen LogP contribution in [-0.4, -0.2) is 5.16 Å². The highest BCUT2D eigenvalue weighted by Gasteiger charge is 2.04.